The molecular formula is C26H22N6O3. The third-order valence-electron chi connectivity index (χ3n) is 5.94. The minimum atomic E-state index is -1.27. The zero-order chi connectivity index (χ0) is 24.4. The highest BCUT2D eigenvalue weighted by Gasteiger charge is 2.52. The molecule has 1 aliphatic heterocycles. The maximum atomic E-state index is 13.3. The highest BCUT2D eigenvalue weighted by Crippen LogP contribution is 2.31. The fraction of sp³-hybridized carbons (Fsp3) is 0.115. The van der Waals surface area contributed by atoms with Crippen LogP contribution < -0.4 is 10.7 Å². The first kappa shape index (κ1) is 22.0. The van der Waals surface area contributed by atoms with E-state index in [4.69, 9.17) is 0 Å². The molecule has 4 amide bonds. The predicted octanol–water partition coefficient (Wildman–Crippen LogP) is 3.44. The molecule has 3 aromatic carbocycles. The second-order valence-electron chi connectivity index (χ2n) is 8.01. The van der Waals surface area contributed by atoms with Crippen LogP contribution in [0, 0.1) is 0 Å². The third kappa shape index (κ3) is 3.82. The Kier molecular flexibility index (Phi) is 5.58. The lowest BCUT2D eigenvalue weighted by atomic mass is 9.87. The van der Waals surface area contributed by atoms with Gasteiger partial charge >= 0.3 is 11.9 Å². The lowest BCUT2D eigenvalue weighted by Crippen LogP contribution is -2.48. The topological polar surface area (TPSA) is 109 Å². The minimum Gasteiger partial charge on any atom is -0.318 e. The van der Waals surface area contributed by atoms with Crippen LogP contribution in [0.1, 0.15) is 29.5 Å². The number of nitrogens with zero attached hydrogens (tertiary/aromatic N) is 4. The van der Waals surface area contributed by atoms with E-state index in [9.17, 15) is 14.4 Å². The maximum absolute atomic E-state index is 13.3. The number of rotatable bonds is 6. The Morgan fingerprint density at radius 2 is 1.51 bits per heavy atom. The molecule has 1 aliphatic rings. The first-order chi connectivity index (χ1) is 17.0. The van der Waals surface area contributed by atoms with Crippen molar-refractivity contribution in [2.45, 2.75) is 18.9 Å². The summed E-state index contributed by atoms with van der Waals surface area (Å²) in [6.07, 6.45) is 0.312. The number of hydrogen-bond acceptors (Lipinski definition) is 5. The van der Waals surface area contributed by atoms with Crippen LogP contribution in [0.15, 0.2) is 91.0 Å². The van der Waals surface area contributed by atoms with E-state index in [0.717, 1.165) is 5.56 Å². The van der Waals surface area contributed by atoms with E-state index < -0.39 is 23.4 Å². The van der Waals surface area contributed by atoms with Gasteiger partial charge in [-0.25, -0.2) is 19.9 Å². The number of amides is 4. The average Bonchev–Trinajstić information content (AvgIpc) is 3.46. The van der Waals surface area contributed by atoms with Crippen molar-refractivity contribution in [1.29, 1.82) is 0 Å². The summed E-state index contributed by atoms with van der Waals surface area (Å²) in [6, 6.07) is 26.8. The van der Waals surface area contributed by atoms with Crippen LogP contribution in [-0.4, -0.2) is 37.6 Å². The fourth-order valence-electron chi connectivity index (χ4n) is 4.12. The number of carbonyl (C=O) groups is 3. The van der Waals surface area contributed by atoms with Crippen molar-refractivity contribution in [1.82, 2.24) is 30.5 Å². The van der Waals surface area contributed by atoms with Gasteiger partial charge in [-0.2, -0.15) is 5.01 Å². The Morgan fingerprint density at radius 1 is 0.914 bits per heavy atom. The second-order valence-corrected chi connectivity index (χ2v) is 8.01. The number of imide groups is 1. The highest BCUT2D eigenvalue weighted by atomic mass is 16.2. The summed E-state index contributed by atoms with van der Waals surface area (Å²) in [7, 11) is 0. The van der Waals surface area contributed by atoms with Crippen LogP contribution in [-0.2, 0) is 10.3 Å². The molecule has 1 unspecified atom stereocenters. The first-order valence-corrected chi connectivity index (χ1v) is 11.1. The number of carbonyl (C=O) groups excluding carboxylic acids is 3. The maximum Gasteiger partial charge on any atom is 0.344 e. The molecular weight excluding hydrogens is 444 g/mol. The molecule has 4 aromatic rings. The van der Waals surface area contributed by atoms with Crippen molar-refractivity contribution in [3.05, 3.63) is 102 Å². The molecule has 2 heterocycles. The van der Waals surface area contributed by atoms with E-state index in [1.807, 2.05) is 66.7 Å². The van der Waals surface area contributed by atoms with Crippen LogP contribution in [0.2, 0.25) is 0 Å². The molecule has 1 aromatic heterocycles. The molecule has 1 fully saturated rings. The molecule has 0 bridgehead atoms. The van der Waals surface area contributed by atoms with Crippen LogP contribution in [0.25, 0.3) is 17.1 Å². The Bertz CT molecular complexity index is 1330. The van der Waals surface area contributed by atoms with Gasteiger partial charge in [-0.1, -0.05) is 85.8 Å². The van der Waals surface area contributed by atoms with E-state index in [2.05, 4.69) is 20.8 Å². The summed E-state index contributed by atoms with van der Waals surface area (Å²) in [6.45, 7) is 1.80. The molecule has 9 heteroatoms. The van der Waals surface area contributed by atoms with Gasteiger partial charge in [-0.15, -0.1) is 5.10 Å². The summed E-state index contributed by atoms with van der Waals surface area (Å²) in [4.78, 5) is 43.6. The van der Waals surface area contributed by atoms with Crippen LogP contribution in [0.3, 0.4) is 0 Å². The van der Waals surface area contributed by atoms with E-state index in [1.54, 1.807) is 35.9 Å². The standard InChI is InChI=1S/C26H22N6O3/c1-2-26(19-14-8-4-9-15-19)24(34)32(25(35)28-26)30-23(33)21-27-22(18-12-6-3-7-13-18)31(29-21)20-16-10-5-11-17-20/h3-17H,2H2,1H3,(H,28,35)(H,30,33). The van der Waals surface area contributed by atoms with Gasteiger partial charge in [0.2, 0.25) is 5.82 Å². The molecule has 9 nitrogen and oxygen atoms in total. The summed E-state index contributed by atoms with van der Waals surface area (Å²) in [5.41, 5.74) is 3.23. The van der Waals surface area contributed by atoms with Crippen molar-refractivity contribution in [2.75, 3.05) is 0 Å². The van der Waals surface area contributed by atoms with Crippen molar-refractivity contribution < 1.29 is 14.4 Å². The lowest BCUT2D eigenvalue weighted by molar-refractivity contribution is -0.133. The normalized spacial score (nSPS) is 17.3. The Labute approximate surface area is 201 Å². The van der Waals surface area contributed by atoms with E-state index in [-0.39, 0.29) is 5.82 Å². The molecule has 1 atom stereocenters. The Hall–Kier alpha value is -4.79. The number of nitrogens with one attached hydrogen (secondary N) is 2. The van der Waals surface area contributed by atoms with Crippen molar-refractivity contribution in [3.8, 4) is 17.1 Å². The largest absolute Gasteiger partial charge is 0.344 e. The molecule has 0 radical (unpaired) electrons. The van der Waals surface area contributed by atoms with Gasteiger partial charge in [0.1, 0.15) is 5.54 Å². The lowest BCUT2D eigenvalue weighted by Gasteiger charge is -2.25. The Balaban J connectivity index is 1.47. The number of urea groups is 1. The quantitative estimate of drug-likeness (QED) is 0.423. The SMILES string of the molecule is CCC1(c2ccccc2)NC(=O)N(NC(=O)c2nc(-c3ccccc3)n(-c3ccccc3)n2)C1=O. The summed E-state index contributed by atoms with van der Waals surface area (Å²) >= 11 is 0. The summed E-state index contributed by atoms with van der Waals surface area (Å²) in [5.74, 6) is -1.08. The number of hydrazine groups is 1. The molecule has 0 spiro atoms. The van der Waals surface area contributed by atoms with E-state index in [1.165, 1.54) is 0 Å². The monoisotopic (exact) mass is 466 g/mol. The van der Waals surface area contributed by atoms with Crippen molar-refractivity contribution in [2.24, 2.45) is 0 Å². The predicted molar refractivity (Wildman–Crippen MR) is 128 cm³/mol. The van der Waals surface area contributed by atoms with Crippen LogP contribution in [0.4, 0.5) is 4.79 Å². The van der Waals surface area contributed by atoms with Gasteiger partial charge in [-0.3, -0.25) is 9.59 Å². The molecule has 5 rings (SSSR count). The van der Waals surface area contributed by atoms with E-state index in [0.29, 0.717) is 28.5 Å². The smallest absolute Gasteiger partial charge is 0.318 e. The molecule has 0 aliphatic carbocycles. The zero-order valence-electron chi connectivity index (χ0n) is 18.9. The molecule has 174 valence electrons. The summed E-state index contributed by atoms with van der Waals surface area (Å²) in [5, 5.41) is 7.82. The third-order valence-corrected chi connectivity index (χ3v) is 5.94. The van der Waals surface area contributed by atoms with Crippen molar-refractivity contribution >= 4 is 17.8 Å². The van der Waals surface area contributed by atoms with Gasteiger partial charge < -0.3 is 5.32 Å². The number of aromatic nitrogens is 3. The first-order valence-electron chi connectivity index (χ1n) is 11.1. The van der Waals surface area contributed by atoms with Gasteiger partial charge in [0.15, 0.2) is 5.82 Å². The number of benzene rings is 3. The van der Waals surface area contributed by atoms with Gasteiger partial charge in [-0.05, 0) is 24.1 Å². The highest BCUT2D eigenvalue weighted by molar-refractivity contribution is 6.09. The van der Waals surface area contributed by atoms with E-state index >= 15 is 0 Å². The molecule has 0 saturated carbocycles. The molecule has 35 heavy (non-hydrogen) atoms. The minimum absolute atomic E-state index is 0.179. The fourth-order valence-corrected chi connectivity index (χ4v) is 4.12. The van der Waals surface area contributed by atoms with Gasteiger partial charge in [0.05, 0.1) is 5.69 Å². The van der Waals surface area contributed by atoms with Gasteiger partial charge in [0.25, 0.3) is 5.91 Å². The average molecular weight is 467 g/mol. The van der Waals surface area contributed by atoms with Crippen LogP contribution >= 0.6 is 0 Å². The summed E-state index contributed by atoms with van der Waals surface area (Å²) < 4.78 is 1.55. The number of hydrogen-bond donors (Lipinski definition) is 2. The van der Waals surface area contributed by atoms with Crippen molar-refractivity contribution in [3.63, 3.8) is 0 Å². The van der Waals surface area contributed by atoms with Gasteiger partial charge in [0, 0.05) is 5.56 Å². The zero-order valence-corrected chi connectivity index (χ0v) is 18.9. The Morgan fingerprint density at radius 3 is 2.14 bits per heavy atom. The number of para-hydroxylation sites is 1. The molecule has 2 N–H and O–H groups in total. The molecule has 1 saturated heterocycles. The second kappa shape index (κ2) is 8.86. The van der Waals surface area contributed by atoms with Crippen LogP contribution in [0.5, 0.6) is 0 Å².